The summed E-state index contributed by atoms with van der Waals surface area (Å²) in [7, 11) is 0. The monoisotopic (exact) mass is 391 g/mol. The number of benzene rings is 2. The Morgan fingerprint density at radius 1 is 1.04 bits per heavy atom. The van der Waals surface area contributed by atoms with E-state index in [0.717, 1.165) is 23.5 Å². The molecule has 3 rings (SSSR count). The second-order valence-corrected chi connectivity index (χ2v) is 6.92. The molecule has 1 aromatic heterocycles. The van der Waals surface area contributed by atoms with Crippen molar-refractivity contribution in [2.75, 3.05) is 11.9 Å². The molecule has 0 aliphatic rings. The van der Waals surface area contributed by atoms with Crippen LogP contribution >= 0.6 is 12.2 Å². The van der Waals surface area contributed by atoms with Gasteiger partial charge in [0.25, 0.3) is 0 Å². The molecule has 0 saturated carbocycles. The van der Waals surface area contributed by atoms with Gasteiger partial charge in [-0.25, -0.2) is 0 Å². The molecule has 2 aromatic carbocycles. The van der Waals surface area contributed by atoms with E-state index in [-0.39, 0.29) is 0 Å². The predicted molar refractivity (Wildman–Crippen MR) is 118 cm³/mol. The van der Waals surface area contributed by atoms with Crippen LogP contribution in [-0.4, -0.2) is 21.6 Å². The third-order valence-corrected chi connectivity index (χ3v) is 4.78. The summed E-state index contributed by atoms with van der Waals surface area (Å²) < 4.78 is 5.51. The van der Waals surface area contributed by atoms with Crippen LogP contribution in [0.1, 0.15) is 23.6 Å². The number of hydrogen-bond donors (Lipinski definition) is 1. The summed E-state index contributed by atoms with van der Waals surface area (Å²) in [6.45, 7) is 6.17. The third-order valence-electron chi connectivity index (χ3n) is 4.42. The van der Waals surface area contributed by atoms with Crippen LogP contribution in [0.2, 0.25) is 0 Å². The Hall–Kier alpha value is -2.92. The lowest BCUT2D eigenvalue weighted by Gasteiger charge is -2.27. The largest absolute Gasteiger partial charge is 0.494 e. The van der Waals surface area contributed by atoms with E-state index >= 15 is 0 Å². The summed E-state index contributed by atoms with van der Waals surface area (Å²) in [6.07, 6.45) is 3.66. The zero-order chi connectivity index (χ0) is 19.8. The Morgan fingerprint density at radius 2 is 1.82 bits per heavy atom. The van der Waals surface area contributed by atoms with Crippen LogP contribution in [0.4, 0.5) is 5.69 Å². The summed E-state index contributed by atoms with van der Waals surface area (Å²) in [6, 6.07) is 20.3. The van der Waals surface area contributed by atoms with Crippen LogP contribution in [0.3, 0.4) is 0 Å². The summed E-state index contributed by atoms with van der Waals surface area (Å²) in [5.74, 6) is 0.853. The second kappa shape index (κ2) is 9.85. The lowest BCUT2D eigenvalue weighted by molar-refractivity contribution is 0.340. The maximum absolute atomic E-state index is 5.75. The zero-order valence-electron chi connectivity index (χ0n) is 16.3. The van der Waals surface area contributed by atoms with Crippen molar-refractivity contribution in [1.29, 1.82) is 0 Å². The van der Waals surface area contributed by atoms with E-state index in [1.165, 1.54) is 11.1 Å². The van der Waals surface area contributed by atoms with Gasteiger partial charge in [0.2, 0.25) is 0 Å². The molecule has 3 aromatic rings. The van der Waals surface area contributed by atoms with E-state index in [1.807, 2.05) is 43.5 Å². The zero-order valence-corrected chi connectivity index (χ0v) is 17.1. The number of aryl methyl sites for hydroxylation is 1. The van der Waals surface area contributed by atoms with Gasteiger partial charge in [0, 0.05) is 31.2 Å². The number of anilines is 1. The van der Waals surface area contributed by atoms with E-state index in [0.29, 0.717) is 18.3 Å². The molecule has 144 valence electrons. The minimum absolute atomic E-state index is 0.653. The summed E-state index contributed by atoms with van der Waals surface area (Å²) >= 11 is 5.75. The van der Waals surface area contributed by atoms with E-state index < -0.39 is 0 Å². The molecular formula is C23H25N3OS. The first-order valence-corrected chi connectivity index (χ1v) is 9.78. The van der Waals surface area contributed by atoms with Crippen LogP contribution in [-0.2, 0) is 13.1 Å². The molecule has 1 N–H and O–H groups in total. The smallest absolute Gasteiger partial charge is 0.174 e. The molecule has 0 aliphatic heterocycles. The van der Waals surface area contributed by atoms with Crippen molar-refractivity contribution in [3.8, 4) is 5.75 Å². The number of rotatable bonds is 7. The minimum Gasteiger partial charge on any atom is -0.494 e. The van der Waals surface area contributed by atoms with Gasteiger partial charge >= 0.3 is 0 Å². The SMILES string of the molecule is CCOc1ccc(NC(=S)N(Cc2cccnc2)Cc2ccccc2C)cc1. The average molecular weight is 392 g/mol. The van der Waals surface area contributed by atoms with E-state index in [2.05, 4.69) is 52.5 Å². The lowest BCUT2D eigenvalue weighted by Crippen LogP contribution is -2.34. The number of hydrogen-bond acceptors (Lipinski definition) is 3. The Kier molecular flexibility index (Phi) is 6.98. The van der Waals surface area contributed by atoms with Gasteiger partial charge in [0.05, 0.1) is 6.61 Å². The van der Waals surface area contributed by atoms with Crippen LogP contribution in [0.15, 0.2) is 73.1 Å². The summed E-state index contributed by atoms with van der Waals surface area (Å²) in [5, 5.41) is 4.03. The van der Waals surface area contributed by atoms with Crippen LogP contribution in [0, 0.1) is 6.92 Å². The number of aromatic nitrogens is 1. The van der Waals surface area contributed by atoms with Crippen molar-refractivity contribution in [3.05, 3.63) is 89.7 Å². The minimum atomic E-state index is 0.653. The van der Waals surface area contributed by atoms with Crippen molar-refractivity contribution >= 4 is 23.0 Å². The lowest BCUT2D eigenvalue weighted by atomic mass is 10.1. The topological polar surface area (TPSA) is 37.4 Å². The van der Waals surface area contributed by atoms with E-state index in [9.17, 15) is 0 Å². The van der Waals surface area contributed by atoms with Gasteiger partial charge in [-0.2, -0.15) is 0 Å². The summed E-state index contributed by atoms with van der Waals surface area (Å²) in [5.41, 5.74) is 4.56. The Bertz CT molecular complexity index is 897. The number of nitrogens with zero attached hydrogens (tertiary/aromatic N) is 2. The highest BCUT2D eigenvalue weighted by atomic mass is 32.1. The average Bonchev–Trinajstić information content (AvgIpc) is 2.71. The molecule has 0 saturated heterocycles. The third kappa shape index (κ3) is 5.54. The molecule has 4 nitrogen and oxygen atoms in total. The quantitative estimate of drug-likeness (QED) is 0.561. The van der Waals surface area contributed by atoms with E-state index in [1.54, 1.807) is 6.20 Å². The summed E-state index contributed by atoms with van der Waals surface area (Å²) in [4.78, 5) is 6.39. The molecule has 0 radical (unpaired) electrons. The number of nitrogens with one attached hydrogen (secondary N) is 1. The molecule has 0 bridgehead atoms. The fourth-order valence-electron chi connectivity index (χ4n) is 2.91. The molecular weight excluding hydrogens is 366 g/mol. The van der Waals surface area contributed by atoms with Gasteiger partial charge in [-0.05, 0) is 73.1 Å². The highest BCUT2D eigenvalue weighted by molar-refractivity contribution is 7.80. The standard InChI is InChI=1S/C23H25N3OS/c1-3-27-22-12-10-21(11-13-22)25-23(28)26(16-19-8-6-14-24-15-19)17-20-9-5-4-7-18(20)2/h4-15H,3,16-17H2,1-2H3,(H,25,28). The highest BCUT2D eigenvalue weighted by Crippen LogP contribution is 2.18. The molecule has 0 amide bonds. The Morgan fingerprint density at radius 3 is 2.50 bits per heavy atom. The van der Waals surface area contributed by atoms with Gasteiger partial charge in [-0.3, -0.25) is 4.98 Å². The fourth-order valence-corrected chi connectivity index (χ4v) is 3.16. The molecule has 0 spiro atoms. The van der Waals surface area contributed by atoms with Crippen LogP contribution in [0.5, 0.6) is 5.75 Å². The van der Waals surface area contributed by atoms with Gasteiger partial charge in [0.1, 0.15) is 5.75 Å². The Balaban J connectivity index is 1.76. The Labute approximate surface area is 172 Å². The normalized spacial score (nSPS) is 10.4. The molecule has 0 atom stereocenters. The van der Waals surface area contributed by atoms with Crippen molar-refractivity contribution in [2.24, 2.45) is 0 Å². The molecule has 28 heavy (non-hydrogen) atoms. The van der Waals surface area contributed by atoms with E-state index in [4.69, 9.17) is 17.0 Å². The molecule has 5 heteroatoms. The van der Waals surface area contributed by atoms with Crippen molar-refractivity contribution in [1.82, 2.24) is 9.88 Å². The first-order chi connectivity index (χ1) is 13.7. The number of thiocarbonyl (C=S) groups is 1. The van der Waals surface area contributed by atoms with Crippen LogP contribution < -0.4 is 10.1 Å². The maximum atomic E-state index is 5.75. The van der Waals surface area contributed by atoms with Crippen molar-refractivity contribution in [3.63, 3.8) is 0 Å². The van der Waals surface area contributed by atoms with Crippen molar-refractivity contribution in [2.45, 2.75) is 26.9 Å². The van der Waals surface area contributed by atoms with Crippen molar-refractivity contribution < 1.29 is 4.74 Å². The van der Waals surface area contributed by atoms with Gasteiger partial charge in [-0.1, -0.05) is 30.3 Å². The number of pyridine rings is 1. The first kappa shape index (κ1) is 19.8. The van der Waals surface area contributed by atoms with Crippen LogP contribution in [0.25, 0.3) is 0 Å². The molecule has 0 unspecified atom stereocenters. The van der Waals surface area contributed by atoms with Gasteiger partial charge in [-0.15, -0.1) is 0 Å². The molecule has 0 fully saturated rings. The first-order valence-electron chi connectivity index (χ1n) is 9.38. The predicted octanol–water partition coefficient (Wildman–Crippen LogP) is 5.19. The number of ether oxygens (including phenoxy) is 1. The maximum Gasteiger partial charge on any atom is 0.174 e. The second-order valence-electron chi connectivity index (χ2n) is 6.53. The molecule has 0 aliphatic carbocycles. The molecule has 1 heterocycles. The van der Waals surface area contributed by atoms with Gasteiger partial charge in [0.15, 0.2) is 5.11 Å². The highest BCUT2D eigenvalue weighted by Gasteiger charge is 2.13. The van der Waals surface area contributed by atoms with Gasteiger partial charge < -0.3 is 15.0 Å². The fraction of sp³-hybridized carbons (Fsp3) is 0.217.